The van der Waals surface area contributed by atoms with E-state index in [4.69, 9.17) is 14.2 Å². The largest absolute Gasteiger partial charge is 0.496 e. The van der Waals surface area contributed by atoms with Gasteiger partial charge in [-0.1, -0.05) is 24.3 Å². The van der Waals surface area contributed by atoms with Gasteiger partial charge in [-0.3, -0.25) is 4.79 Å². The van der Waals surface area contributed by atoms with Crippen molar-refractivity contribution in [1.82, 2.24) is 0 Å². The number of rotatable bonds is 6. The Bertz CT molecular complexity index is 902. The molecule has 0 radical (unpaired) electrons. The predicted octanol–water partition coefficient (Wildman–Crippen LogP) is 4.18. The highest BCUT2D eigenvalue weighted by Crippen LogP contribution is 2.23. The van der Waals surface area contributed by atoms with Crippen molar-refractivity contribution in [2.75, 3.05) is 19.5 Å². The first-order valence-corrected chi connectivity index (χ1v) is 8.52. The van der Waals surface area contributed by atoms with E-state index in [0.717, 1.165) is 0 Å². The Morgan fingerprint density at radius 1 is 0.714 bits per heavy atom. The maximum atomic E-state index is 12.4. The number of carbonyl (C=O) groups is 2. The number of esters is 1. The molecule has 1 amide bonds. The molecule has 0 saturated carbocycles. The van der Waals surface area contributed by atoms with E-state index in [2.05, 4.69) is 5.32 Å². The summed E-state index contributed by atoms with van der Waals surface area (Å²) in [5, 5.41) is 2.78. The lowest BCUT2D eigenvalue weighted by Crippen LogP contribution is -2.13. The number of nitrogens with one attached hydrogen (secondary N) is 1. The molecule has 6 heteroatoms. The number of benzene rings is 3. The van der Waals surface area contributed by atoms with E-state index in [1.165, 1.54) is 14.2 Å². The van der Waals surface area contributed by atoms with Crippen LogP contribution < -0.4 is 19.5 Å². The third-order valence-electron chi connectivity index (χ3n) is 4.00. The standard InChI is InChI=1S/C22H19NO5/c1-26-19-9-5-3-7-17(19)21(24)23-15-11-13-16(14-12-15)28-22(25)18-8-4-6-10-20(18)27-2/h3-14H,1-2H3,(H,23,24). The second-order valence-electron chi connectivity index (χ2n) is 5.77. The molecule has 0 aliphatic heterocycles. The summed E-state index contributed by atoms with van der Waals surface area (Å²) in [4.78, 5) is 24.7. The Morgan fingerprint density at radius 2 is 1.25 bits per heavy atom. The molecule has 1 N–H and O–H groups in total. The SMILES string of the molecule is COc1ccccc1C(=O)Nc1ccc(OC(=O)c2ccccc2OC)cc1. The Kier molecular flexibility index (Phi) is 5.91. The van der Waals surface area contributed by atoms with E-state index in [0.29, 0.717) is 34.1 Å². The van der Waals surface area contributed by atoms with Gasteiger partial charge in [0.05, 0.1) is 19.8 Å². The predicted molar refractivity (Wildman–Crippen MR) is 105 cm³/mol. The average Bonchev–Trinajstić information content (AvgIpc) is 2.74. The van der Waals surface area contributed by atoms with Crippen molar-refractivity contribution in [3.63, 3.8) is 0 Å². The lowest BCUT2D eigenvalue weighted by Gasteiger charge is -2.10. The number of hydrogen-bond donors (Lipinski definition) is 1. The molecular formula is C22H19NO5. The van der Waals surface area contributed by atoms with Crippen LogP contribution in [0.1, 0.15) is 20.7 Å². The minimum atomic E-state index is -0.525. The lowest BCUT2D eigenvalue weighted by molar-refractivity contribution is 0.0731. The van der Waals surface area contributed by atoms with Crippen LogP contribution in [0.5, 0.6) is 17.2 Å². The molecule has 0 saturated heterocycles. The summed E-state index contributed by atoms with van der Waals surface area (Å²) in [7, 11) is 3.00. The number of amides is 1. The molecule has 142 valence electrons. The maximum absolute atomic E-state index is 12.4. The number of carbonyl (C=O) groups excluding carboxylic acids is 2. The molecule has 0 aliphatic rings. The number of methoxy groups -OCH3 is 2. The number of anilines is 1. The molecule has 0 unspecified atom stereocenters. The molecule has 28 heavy (non-hydrogen) atoms. The van der Waals surface area contributed by atoms with Crippen LogP contribution in [0, 0.1) is 0 Å². The minimum absolute atomic E-state index is 0.295. The van der Waals surface area contributed by atoms with Crippen LogP contribution in [0.15, 0.2) is 72.8 Å². The highest BCUT2D eigenvalue weighted by Gasteiger charge is 2.15. The monoisotopic (exact) mass is 377 g/mol. The maximum Gasteiger partial charge on any atom is 0.347 e. The van der Waals surface area contributed by atoms with Crippen molar-refractivity contribution in [3.05, 3.63) is 83.9 Å². The van der Waals surface area contributed by atoms with Crippen LogP contribution in [0.2, 0.25) is 0 Å². The van der Waals surface area contributed by atoms with E-state index >= 15 is 0 Å². The zero-order valence-electron chi connectivity index (χ0n) is 15.5. The summed E-state index contributed by atoms with van der Waals surface area (Å²) in [6.07, 6.45) is 0. The summed E-state index contributed by atoms with van der Waals surface area (Å²) in [6, 6.07) is 20.3. The first-order valence-electron chi connectivity index (χ1n) is 8.52. The van der Waals surface area contributed by atoms with Gasteiger partial charge in [-0.25, -0.2) is 4.79 Å². The summed E-state index contributed by atoms with van der Waals surface area (Å²) in [5.74, 6) is 0.459. The molecule has 0 heterocycles. The molecule has 0 atom stereocenters. The molecule has 0 fully saturated rings. The van der Waals surface area contributed by atoms with Crippen molar-refractivity contribution >= 4 is 17.6 Å². The number of ether oxygens (including phenoxy) is 3. The van der Waals surface area contributed by atoms with E-state index in [1.54, 1.807) is 72.8 Å². The van der Waals surface area contributed by atoms with E-state index in [1.807, 2.05) is 0 Å². The summed E-state index contributed by atoms with van der Waals surface area (Å²) >= 11 is 0. The van der Waals surface area contributed by atoms with Gasteiger partial charge in [0.15, 0.2) is 0 Å². The Morgan fingerprint density at radius 3 is 1.86 bits per heavy atom. The van der Waals surface area contributed by atoms with E-state index in [9.17, 15) is 9.59 Å². The Balaban J connectivity index is 1.68. The number of para-hydroxylation sites is 2. The van der Waals surface area contributed by atoms with Gasteiger partial charge in [0.25, 0.3) is 5.91 Å². The third kappa shape index (κ3) is 4.29. The first-order chi connectivity index (χ1) is 13.6. The average molecular weight is 377 g/mol. The lowest BCUT2D eigenvalue weighted by atomic mass is 10.2. The second-order valence-corrected chi connectivity index (χ2v) is 5.77. The normalized spacial score (nSPS) is 10.1. The molecule has 0 bridgehead atoms. The van der Waals surface area contributed by atoms with Crippen molar-refractivity contribution in [2.24, 2.45) is 0 Å². The fourth-order valence-corrected chi connectivity index (χ4v) is 2.61. The van der Waals surface area contributed by atoms with Gasteiger partial charge in [0.1, 0.15) is 22.8 Å². The number of hydrogen-bond acceptors (Lipinski definition) is 5. The van der Waals surface area contributed by atoms with Crippen LogP contribution in [-0.2, 0) is 0 Å². The molecule has 0 spiro atoms. The van der Waals surface area contributed by atoms with Crippen LogP contribution >= 0.6 is 0 Å². The van der Waals surface area contributed by atoms with Gasteiger partial charge >= 0.3 is 5.97 Å². The van der Waals surface area contributed by atoms with Gasteiger partial charge in [-0.05, 0) is 48.5 Å². The van der Waals surface area contributed by atoms with Gasteiger partial charge in [0, 0.05) is 5.69 Å². The summed E-state index contributed by atoms with van der Waals surface area (Å²) in [5.41, 5.74) is 1.32. The van der Waals surface area contributed by atoms with Crippen molar-refractivity contribution < 1.29 is 23.8 Å². The smallest absolute Gasteiger partial charge is 0.347 e. The third-order valence-corrected chi connectivity index (χ3v) is 4.00. The van der Waals surface area contributed by atoms with E-state index < -0.39 is 5.97 Å². The molecule has 0 aliphatic carbocycles. The zero-order chi connectivity index (χ0) is 19.9. The zero-order valence-corrected chi connectivity index (χ0v) is 15.5. The highest BCUT2D eigenvalue weighted by atomic mass is 16.5. The van der Waals surface area contributed by atoms with Gasteiger partial charge in [-0.2, -0.15) is 0 Å². The van der Waals surface area contributed by atoms with Crippen LogP contribution in [0.3, 0.4) is 0 Å². The molecule has 3 aromatic carbocycles. The van der Waals surface area contributed by atoms with Gasteiger partial charge in [-0.15, -0.1) is 0 Å². The second kappa shape index (κ2) is 8.73. The van der Waals surface area contributed by atoms with Crippen molar-refractivity contribution in [3.8, 4) is 17.2 Å². The fourth-order valence-electron chi connectivity index (χ4n) is 2.61. The Labute approximate surface area is 162 Å². The Hall–Kier alpha value is -3.80. The molecular weight excluding hydrogens is 358 g/mol. The van der Waals surface area contributed by atoms with Crippen LogP contribution in [0.25, 0.3) is 0 Å². The van der Waals surface area contributed by atoms with Gasteiger partial charge in [0.2, 0.25) is 0 Å². The first kappa shape index (κ1) is 19.0. The molecule has 6 nitrogen and oxygen atoms in total. The van der Waals surface area contributed by atoms with Crippen molar-refractivity contribution in [1.29, 1.82) is 0 Å². The molecule has 0 aromatic heterocycles. The fraction of sp³-hybridized carbons (Fsp3) is 0.0909. The summed E-state index contributed by atoms with van der Waals surface area (Å²) < 4.78 is 15.7. The van der Waals surface area contributed by atoms with Crippen LogP contribution in [-0.4, -0.2) is 26.1 Å². The quantitative estimate of drug-likeness (QED) is 0.515. The van der Waals surface area contributed by atoms with Crippen molar-refractivity contribution in [2.45, 2.75) is 0 Å². The highest BCUT2D eigenvalue weighted by molar-refractivity contribution is 6.06. The van der Waals surface area contributed by atoms with Crippen LogP contribution in [0.4, 0.5) is 5.69 Å². The minimum Gasteiger partial charge on any atom is -0.496 e. The molecule has 3 rings (SSSR count). The molecule has 3 aromatic rings. The summed E-state index contributed by atoms with van der Waals surface area (Å²) in [6.45, 7) is 0. The van der Waals surface area contributed by atoms with E-state index in [-0.39, 0.29) is 5.91 Å². The topological polar surface area (TPSA) is 73.9 Å². The van der Waals surface area contributed by atoms with Gasteiger partial charge < -0.3 is 19.5 Å².